The summed E-state index contributed by atoms with van der Waals surface area (Å²) in [5.74, 6) is 0. The molecule has 1 aliphatic rings. The van der Waals surface area contributed by atoms with Crippen molar-refractivity contribution < 1.29 is 26.3 Å². The molecule has 0 N–H and O–H groups in total. The lowest BCUT2D eigenvalue weighted by Crippen LogP contribution is -2.48. The average molecular weight is 358 g/mol. The van der Waals surface area contributed by atoms with Crippen molar-refractivity contribution in [2.45, 2.75) is 37.1 Å². The van der Waals surface area contributed by atoms with E-state index in [1.54, 1.807) is 13.8 Å². The molecule has 0 spiro atoms. The molecule has 2 atom stereocenters. The number of morpholine rings is 1. The molecule has 0 aliphatic carbocycles. The molecule has 124 valence electrons. The molecule has 0 amide bonds. The standard InChI is InChI=1S/C13H15ClF3NO3S/c1-8-6-18(7-9(2)21-8)22(19,20)12-5-10(13(15,16)17)3-4-11(12)14/h3-5,8-9H,6-7H2,1-2H3/t8-,9+. The van der Waals surface area contributed by atoms with Crippen LogP contribution in [0.25, 0.3) is 0 Å². The van der Waals surface area contributed by atoms with Gasteiger partial charge in [-0.15, -0.1) is 0 Å². The largest absolute Gasteiger partial charge is 0.416 e. The lowest BCUT2D eigenvalue weighted by atomic mass is 10.2. The van der Waals surface area contributed by atoms with E-state index in [-0.39, 0.29) is 30.3 Å². The van der Waals surface area contributed by atoms with Crippen LogP contribution in [0.4, 0.5) is 13.2 Å². The highest BCUT2D eigenvalue weighted by Gasteiger charge is 2.36. The van der Waals surface area contributed by atoms with Crippen molar-refractivity contribution in [1.82, 2.24) is 4.31 Å². The van der Waals surface area contributed by atoms with Crippen molar-refractivity contribution in [2.24, 2.45) is 0 Å². The van der Waals surface area contributed by atoms with Gasteiger partial charge in [-0.05, 0) is 32.0 Å². The van der Waals surface area contributed by atoms with Crippen LogP contribution in [0.1, 0.15) is 19.4 Å². The van der Waals surface area contributed by atoms with Crippen LogP contribution in [-0.2, 0) is 20.9 Å². The number of hydrogen-bond acceptors (Lipinski definition) is 3. The first-order valence-electron chi connectivity index (χ1n) is 6.54. The topological polar surface area (TPSA) is 46.6 Å². The van der Waals surface area contributed by atoms with Gasteiger partial charge in [0.15, 0.2) is 0 Å². The van der Waals surface area contributed by atoms with E-state index in [0.29, 0.717) is 6.07 Å². The highest BCUT2D eigenvalue weighted by Crippen LogP contribution is 2.34. The van der Waals surface area contributed by atoms with Crippen LogP contribution in [0.5, 0.6) is 0 Å². The summed E-state index contributed by atoms with van der Waals surface area (Å²) < 4.78 is 70.1. The van der Waals surface area contributed by atoms with Crippen molar-refractivity contribution in [3.8, 4) is 0 Å². The summed E-state index contributed by atoms with van der Waals surface area (Å²) in [6, 6.07) is 2.28. The van der Waals surface area contributed by atoms with Crippen LogP contribution in [-0.4, -0.2) is 38.0 Å². The summed E-state index contributed by atoms with van der Waals surface area (Å²) in [5.41, 5.74) is -1.05. The normalized spacial score (nSPS) is 24.5. The molecule has 1 fully saturated rings. The fourth-order valence-corrected chi connectivity index (χ4v) is 4.43. The Morgan fingerprint density at radius 2 is 1.77 bits per heavy atom. The van der Waals surface area contributed by atoms with E-state index in [1.807, 2.05) is 0 Å². The molecular formula is C13H15ClF3NO3S. The van der Waals surface area contributed by atoms with E-state index >= 15 is 0 Å². The van der Waals surface area contributed by atoms with Crippen molar-refractivity contribution in [3.05, 3.63) is 28.8 Å². The monoisotopic (exact) mass is 357 g/mol. The predicted octanol–water partition coefficient (Wildman–Crippen LogP) is 3.16. The zero-order valence-corrected chi connectivity index (χ0v) is 13.5. The Bertz CT molecular complexity index is 653. The Hall–Kier alpha value is -0.830. The van der Waals surface area contributed by atoms with Gasteiger partial charge in [0.05, 0.1) is 22.8 Å². The van der Waals surface area contributed by atoms with Gasteiger partial charge in [0.25, 0.3) is 0 Å². The van der Waals surface area contributed by atoms with Gasteiger partial charge in [-0.1, -0.05) is 11.6 Å². The third-order valence-corrected chi connectivity index (χ3v) is 5.58. The summed E-state index contributed by atoms with van der Waals surface area (Å²) >= 11 is 5.82. The molecule has 4 nitrogen and oxygen atoms in total. The highest BCUT2D eigenvalue weighted by atomic mass is 35.5. The first kappa shape index (κ1) is 17.5. The van der Waals surface area contributed by atoms with Crippen LogP contribution < -0.4 is 0 Å². The van der Waals surface area contributed by atoms with Gasteiger partial charge in [0.1, 0.15) is 4.90 Å². The summed E-state index contributed by atoms with van der Waals surface area (Å²) in [4.78, 5) is -0.537. The number of alkyl halides is 3. The quantitative estimate of drug-likeness (QED) is 0.816. The van der Waals surface area contributed by atoms with Gasteiger partial charge in [0, 0.05) is 13.1 Å². The fraction of sp³-hybridized carbons (Fsp3) is 0.538. The van der Waals surface area contributed by atoms with E-state index in [2.05, 4.69) is 0 Å². The number of halogens is 4. The molecule has 22 heavy (non-hydrogen) atoms. The molecule has 0 aromatic heterocycles. The third kappa shape index (κ3) is 3.56. The van der Waals surface area contributed by atoms with E-state index in [0.717, 1.165) is 16.4 Å². The predicted molar refractivity (Wildman–Crippen MR) is 75.2 cm³/mol. The van der Waals surface area contributed by atoms with Crippen LogP contribution in [0.15, 0.2) is 23.1 Å². The SMILES string of the molecule is C[C@@H]1CN(S(=O)(=O)c2cc(C(F)(F)F)ccc2Cl)C[C@H](C)O1. The zero-order valence-electron chi connectivity index (χ0n) is 11.9. The molecule has 0 radical (unpaired) electrons. The van der Waals surface area contributed by atoms with Crippen LogP contribution in [0.2, 0.25) is 5.02 Å². The molecule has 0 saturated carbocycles. The first-order chi connectivity index (χ1) is 10.0. The van der Waals surface area contributed by atoms with Gasteiger partial charge in [-0.2, -0.15) is 17.5 Å². The number of benzene rings is 1. The number of ether oxygens (including phenoxy) is 1. The van der Waals surface area contributed by atoms with Gasteiger partial charge in [0.2, 0.25) is 10.0 Å². The minimum Gasteiger partial charge on any atom is -0.373 e. The Balaban J connectivity index is 2.45. The van der Waals surface area contributed by atoms with Crippen LogP contribution in [0.3, 0.4) is 0 Å². The van der Waals surface area contributed by atoms with Crippen molar-refractivity contribution in [3.63, 3.8) is 0 Å². The van der Waals surface area contributed by atoms with Gasteiger partial charge < -0.3 is 4.74 Å². The maximum atomic E-state index is 12.8. The van der Waals surface area contributed by atoms with E-state index in [1.165, 1.54) is 0 Å². The molecule has 9 heteroatoms. The average Bonchev–Trinajstić information content (AvgIpc) is 2.36. The van der Waals surface area contributed by atoms with Crippen LogP contribution in [0, 0.1) is 0 Å². The fourth-order valence-electron chi connectivity index (χ4n) is 2.34. The molecule has 0 bridgehead atoms. The molecule has 1 heterocycles. The molecule has 1 aromatic rings. The second-order valence-electron chi connectivity index (χ2n) is 5.22. The van der Waals surface area contributed by atoms with Crippen LogP contribution >= 0.6 is 11.6 Å². The van der Waals surface area contributed by atoms with Gasteiger partial charge in [-0.3, -0.25) is 0 Å². The van der Waals surface area contributed by atoms with Crippen molar-refractivity contribution in [2.75, 3.05) is 13.1 Å². The molecular weight excluding hydrogens is 343 g/mol. The zero-order chi connectivity index (χ0) is 16.7. The minimum absolute atomic E-state index is 0.0687. The third-order valence-electron chi connectivity index (χ3n) is 3.26. The maximum absolute atomic E-state index is 12.8. The van der Waals surface area contributed by atoms with Crippen molar-refractivity contribution >= 4 is 21.6 Å². The highest BCUT2D eigenvalue weighted by molar-refractivity contribution is 7.89. The Morgan fingerprint density at radius 3 is 2.27 bits per heavy atom. The summed E-state index contributed by atoms with van der Waals surface area (Å²) in [6.07, 6.45) is -5.33. The first-order valence-corrected chi connectivity index (χ1v) is 8.36. The summed E-state index contributed by atoms with van der Waals surface area (Å²) in [5, 5.41) is -0.236. The lowest BCUT2D eigenvalue weighted by molar-refractivity contribution is -0.137. The van der Waals surface area contributed by atoms with E-state index < -0.39 is 26.7 Å². The maximum Gasteiger partial charge on any atom is 0.416 e. The second kappa shape index (κ2) is 5.99. The molecule has 0 unspecified atom stereocenters. The van der Waals surface area contributed by atoms with E-state index in [4.69, 9.17) is 16.3 Å². The second-order valence-corrected chi connectivity index (χ2v) is 7.54. The minimum atomic E-state index is -4.64. The molecule has 1 aromatic carbocycles. The number of nitrogens with zero attached hydrogens (tertiary/aromatic N) is 1. The molecule has 1 saturated heterocycles. The number of rotatable bonds is 2. The molecule has 2 rings (SSSR count). The lowest BCUT2D eigenvalue weighted by Gasteiger charge is -2.34. The summed E-state index contributed by atoms with van der Waals surface area (Å²) in [6.45, 7) is 3.54. The summed E-state index contributed by atoms with van der Waals surface area (Å²) in [7, 11) is -4.12. The number of sulfonamides is 1. The Labute approximate surface area is 131 Å². The van der Waals surface area contributed by atoms with Gasteiger partial charge >= 0.3 is 6.18 Å². The van der Waals surface area contributed by atoms with Gasteiger partial charge in [-0.25, -0.2) is 8.42 Å². The smallest absolute Gasteiger partial charge is 0.373 e. The van der Waals surface area contributed by atoms with Crippen molar-refractivity contribution in [1.29, 1.82) is 0 Å². The Morgan fingerprint density at radius 1 is 1.23 bits per heavy atom. The number of hydrogen-bond donors (Lipinski definition) is 0. The molecule has 1 aliphatic heterocycles. The Kier molecular flexibility index (Phi) is 4.77. The van der Waals surface area contributed by atoms with E-state index in [9.17, 15) is 21.6 Å².